The molecule has 6 heteroatoms. The summed E-state index contributed by atoms with van der Waals surface area (Å²) in [7, 11) is 0. The van der Waals surface area contributed by atoms with Crippen LogP contribution in [-0.4, -0.2) is 45.3 Å². The minimum absolute atomic E-state index is 0.174. The normalized spacial score (nSPS) is 27.4. The molecule has 124 valence electrons. The average Bonchev–Trinajstić information content (AvgIpc) is 3.13. The molecular formula is C17H22N2O4. The molecule has 1 aromatic carbocycles. The fourth-order valence-electron chi connectivity index (χ4n) is 4.04. The van der Waals surface area contributed by atoms with Gasteiger partial charge in [-0.2, -0.15) is 0 Å². The van der Waals surface area contributed by atoms with Gasteiger partial charge in [0.1, 0.15) is 0 Å². The summed E-state index contributed by atoms with van der Waals surface area (Å²) in [6.45, 7) is 3.13. The summed E-state index contributed by atoms with van der Waals surface area (Å²) in [4.78, 5) is 26.0. The van der Waals surface area contributed by atoms with E-state index in [4.69, 9.17) is 0 Å². The standard InChI is InChI=1S/C17H22N2O4/c1-11-8-10-19(17(22)23)15(11)13-6-3-2-5-12(13)14-7-4-9-18(14)16(20)21/h2-3,5-6,11,14-15H,4,7-10H2,1H3,(H,20,21)(H,22,23). The molecule has 1 aromatic rings. The van der Waals surface area contributed by atoms with Crippen molar-refractivity contribution >= 4 is 12.2 Å². The molecule has 2 saturated heterocycles. The molecule has 0 saturated carbocycles. The van der Waals surface area contributed by atoms with E-state index in [2.05, 4.69) is 6.92 Å². The van der Waals surface area contributed by atoms with Gasteiger partial charge in [-0.3, -0.25) is 0 Å². The number of carbonyl (C=O) groups is 2. The predicted octanol–water partition coefficient (Wildman–Crippen LogP) is 3.56. The molecular weight excluding hydrogens is 296 g/mol. The number of benzene rings is 1. The lowest BCUT2D eigenvalue weighted by molar-refractivity contribution is 0.132. The SMILES string of the molecule is CC1CCN(C(=O)O)C1c1ccccc1C1CCCN1C(=O)O. The summed E-state index contributed by atoms with van der Waals surface area (Å²) in [6.07, 6.45) is 0.650. The van der Waals surface area contributed by atoms with Crippen LogP contribution in [0.4, 0.5) is 9.59 Å². The Hall–Kier alpha value is -2.24. The van der Waals surface area contributed by atoms with Crippen LogP contribution in [0.2, 0.25) is 0 Å². The molecule has 0 spiro atoms. The van der Waals surface area contributed by atoms with Crippen molar-refractivity contribution in [2.45, 2.75) is 38.3 Å². The Morgan fingerprint density at radius 2 is 1.65 bits per heavy atom. The highest BCUT2D eigenvalue weighted by Crippen LogP contribution is 2.42. The van der Waals surface area contributed by atoms with Gasteiger partial charge in [0.15, 0.2) is 0 Å². The van der Waals surface area contributed by atoms with Crippen molar-refractivity contribution in [3.63, 3.8) is 0 Å². The van der Waals surface area contributed by atoms with Crippen molar-refractivity contribution in [3.05, 3.63) is 35.4 Å². The van der Waals surface area contributed by atoms with Gasteiger partial charge in [0, 0.05) is 13.1 Å². The second-order valence-corrected chi connectivity index (χ2v) is 6.45. The first kappa shape index (κ1) is 15.6. The molecule has 0 bridgehead atoms. The van der Waals surface area contributed by atoms with Gasteiger partial charge in [-0.15, -0.1) is 0 Å². The third kappa shape index (κ3) is 2.73. The summed E-state index contributed by atoms with van der Waals surface area (Å²) in [5, 5.41) is 18.9. The lowest BCUT2D eigenvalue weighted by Crippen LogP contribution is -2.33. The zero-order valence-electron chi connectivity index (χ0n) is 13.2. The van der Waals surface area contributed by atoms with Crippen molar-refractivity contribution < 1.29 is 19.8 Å². The molecule has 2 fully saturated rings. The zero-order valence-corrected chi connectivity index (χ0v) is 13.2. The number of nitrogens with zero attached hydrogens (tertiary/aromatic N) is 2. The van der Waals surface area contributed by atoms with E-state index in [-0.39, 0.29) is 18.0 Å². The first-order valence-corrected chi connectivity index (χ1v) is 8.08. The Morgan fingerprint density at radius 1 is 1.00 bits per heavy atom. The number of hydrogen-bond acceptors (Lipinski definition) is 2. The minimum atomic E-state index is -0.907. The van der Waals surface area contributed by atoms with Crippen LogP contribution in [0, 0.1) is 5.92 Å². The summed E-state index contributed by atoms with van der Waals surface area (Å²) in [6, 6.07) is 7.35. The number of likely N-dealkylation sites (tertiary alicyclic amines) is 2. The maximum absolute atomic E-state index is 11.6. The second kappa shape index (κ2) is 6.10. The van der Waals surface area contributed by atoms with Crippen molar-refractivity contribution in [1.29, 1.82) is 0 Å². The Bertz CT molecular complexity index is 618. The first-order valence-electron chi connectivity index (χ1n) is 8.08. The minimum Gasteiger partial charge on any atom is -0.465 e. The number of rotatable bonds is 2. The van der Waals surface area contributed by atoms with E-state index in [1.165, 1.54) is 9.80 Å². The molecule has 0 aliphatic carbocycles. The fourth-order valence-corrected chi connectivity index (χ4v) is 4.04. The van der Waals surface area contributed by atoms with E-state index in [1.54, 1.807) is 0 Å². The van der Waals surface area contributed by atoms with Gasteiger partial charge in [0.2, 0.25) is 0 Å². The first-order chi connectivity index (χ1) is 11.0. The van der Waals surface area contributed by atoms with E-state index in [0.717, 1.165) is 30.4 Å². The average molecular weight is 318 g/mol. The third-order valence-electron chi connectivity index (χ3n) is 5.12. The van der Waals surface area contributed by atoms with Gasteiger partial charge in [-0.05, 0) is 36.3 Å². The van der Waals surface area contributed by atoms with Crippen molar-refractivity contribution in [3.8, 4) is 0 Å². The van der Waals surface area contributed by atoms with Crippen molar-refractivity contribution in [2.75, 3.05) is 13.1 Å². The van der Waals surface area contributed by atoms with Gasteiger partial charge >= 0.3 is 12.2 Å². The highest BCUT2D eigenvalue weighted by Gasteiger charge is 2.39. The van der Waals surface area contributed by atoms with Crippen LogP contribution >= 0.6 is 0 Å². The van der Waals surface area contributed by atoms with Gasteiger partial charge in [0.05, 0.1) is 12.1 Å². The van der Waals surface area contributed by atoms with Gasteiger partial charge < -0.3 is 20.0 Å². The number of hydrogen-bond donors (Lipinski definition) is 2. The Morgan fingerprint density at radius 3 is 2.30 bits per heavy atom. The Balaban J connectivity index is 2.01. The van der Waals surface area contributed by atoms with Crippen LogP contribution in [0.5, 0.6) is 0 Å². The summed E-state index contributed by atoms with van der Waals surface area (Å²) in [5.41, 5.74) is 1.91. The highest BCUT2D eigenvalue weighted by atomic mass is 16.4. The van der Waals surface area contributed by atoms with E-state index in [9.17, 15) is 19.8 Å². The molecule has 2 heterocycles. The molecule has 3 rings (SSSR count). The Labute approximate surface area is 135 Å². The molecule has 0 aromatic heterocycles. The molecule has 6 nitrogen and oxygen atoms in total. The fraction of sp³-hybridized carbons (Fsp3) is 0.529. The topological polar surface area (TPSA) is 81.1 Å². The van der Waals surface area contributed by atoms with E-state index >= 15 is 0 Å². The van der Waals surface area contributed by atoms with Crippen molar-refractivity contribution in [1.82, 2.24) is 9.80 Å². The van der Waals surface area contributed by atoms with Gasteiger partial charge in [-0.25, -0.2) is 9.59 Å². The van der Waals surface area contributed by atoms with Crippen LogP contribution in [0.15, 0.2) is 24.3 Å². The summed E-state index contributed by atoms with van der Waals surface area (Å²) < 4.78 is 0. The van der Waals surface area contributed by atoms with Gasteiger partial charge in [0.25, 0.3) is 0 Å². The molecule has 2 amide bonds. The molecule has 2 aliphatic rings. The smallest absolute Gasteiger partial charge is 0.407 e. The summed E-state index contributed by atoms with van der Waals surface area (Å²) >= 11 is 0. The molecule has 3 atom stereocenters. The molecule has 0 radical (unpaired) electrons. The highest BCUT2D eigenvalue weighted by molar-refractivity contribution is 5.67. The van der Waals surface area contributed by atoms with E-state index in [1.807, 2.05) is 24.3 Å². The second-order valence-electron chi connectivity index (χ2n) is 6.45. The van der Waals surface area contributed by atoms with Gasteiger partial charge in [-0.1, -0.05) is 31.2 Å². The quantitative estimate of drug-likeness (QED) is 0.873. The van der Waals surface area contributed by atoms with Crippen LogP contribution in [0.1, 0.15) is 49.4 Å². The monoisotopic (exact) mass is 318 g/mol. The number of amides is 2. The van der Waals surface area contributed by atoms with E-state index < -0.39 is 12.2 Å². The van der Waals surface area contributed by atoms with Crippen LogP contribution in [0.3, 0.4) is 0 Å². The predicted molar refractivity (Wildman–Crippen MR) is 84.4 cm³/mol. The van der Waals surface area contributed by atoms with Crippen LogP contribution in [-0.2, 0) is 0 Å². The third-order valence-corrected chi connectivity index (χ3v) is 5.12. The lowest BCUT2D eigenvalue weighted by atomic mass is 9.88. The lowest BCUT2D eigenvalue weighted by Gasteiger charge is -2.30. The zero-order chi connectivity index (χ0) is 16.6. The largest absolute Gasteiger partial charge is 0.465 e. The molecule has 23 heavy (non-hydrogen) atoms. The maximum Gasteiger partial charge on any atom is 0.407 e. The summed E-state index contributed by atoms with van der Waals surface area (Å²) in [5.74, 6) is 0.229. The number of carboxylic acid groups (broad SMARTS) is 2. The molecule has 3 unspecified atom stereocenters. The van der Waals surface area contributed by atoms with E-state index in [0.29, 0.717) is 13.1 Å². The van der Waals surface area contributed by atoms with Crippen LogP contribution in [0.25, 0.3) is 0 Å². The van der Waals surface area contributed by atoms with Crippen molar-refractivity contribution in [2.24, 2.45) is 5.92 Å². The molecule has 2 N–H and O–H groups in total. The Kier molecular flexibility index (Phi) is 4.15. The van der Waals surface area contributed by atoms with Crippen LogP contribution < -0.4 is 0 Å². The molecule has 2 aliphatic heterocycles. The maximum atomic E-state index is 11.6.